The fourth-order valence-electron chi connectivity index (χ4n) is 4.86. The number of rotatable bonds is 2. The van der Waals surface area contributed by atoms with Gasteiger partial charge in [0, 0.05) is 29.0 Å². The summed E-state index contributed by atoms with van der Waals surface area (Å²) in [5.41, 5.74) is 2.95. The normalized spacial score (nSPS) is 22.4. The van der Waals surface area contributed by atoms with Crippen molar-refractivity contribution in [3.05, 3.63) is 59.2 Å². The first kappa shape index (κ1) is 18.7. The molecule has 0 unspecified atom stereocenters. The minimum atomic E-state index is -0.443. The first-order chi connectivity index (χ1) is 13.0. The summed E-state index contributed by atoms with van der Waals surface area (Å²) in [7, 11) is 0. The fraction of sp³-hybridized carbons (Fsp3) is 0.417. The minimum Gasteiger partial charge on any atom is -0.508 e. The molecule has 28 heavy (non-hydrogen) atoms. The lowest BCUT2D eigenvalue weighted by atomic mass is 9.64. The van der Waals surface area contributed by atoms with E-state index in [0.29, 0.717) is 18.6 Å². The smallest absolute Gasteiger partial charge is 0.127 e. The third kappa shape index (κ3) is 2.74. The number of fused-ring (bicyclic) bond motifs is 4. The highest BCUT2D eigenvalue weighted by atomic mass is 16.5. The van der Waals surface area contributed by atoms with Crippen LogP contribution < -0.4 is 4.74 Å². The summed E-state index contributed by atoms with van der Waals surface area (Å²) in [6.45, 7) is 12.1. The van der Waals surface area contributed by atoms with Gasteiger partial charge in [-0.15, -0.1) is 6.58 Å². The molecule has 0 radical (unpaired) electrons. The zero-order chi connectivity index (χ0) is 20.4. The van der Waals surface area contributed by atoms with E-state index in [9.17, 15) is 15.3 Å². The number of hydrogen-bond donors (Lipinski definition) is 3. The Morgan fingerprint density at radius 1 is 1.07 bits per heavy atom. The largest absolute Gasteiger partial charge is 0.508 e. The van der Waals surface area contributed by atoms with E-state index in [1.165, 1.54) is 6.07 Å². The first-order valence-electron chi connectivity index (χ1n) is 9.77. The molecule has 0 spiro atoms. The molecule has 3 N–H and O–H groups in total. The summed E-state index contributed by atoms with van der Waals surface area (Å²) in [5, 5.41) is 31.0. The highest BCUT2D eigenvalue weighted by molar-refractivity contribution is 5.55. The van der Waals surface area contributed by atoms with E-state index in [4.69, 9.17) is 4.74 Å². The molecule has 0 fully saturated rings. The molecule has 2 aliphatic rings. The molecule has 0 aromatic heterocycles. The molecular formula is C24H28O4. The molecule has 0 amide bonds. The van der Waals surface area contributed by atoms with Gasteiger partial charge >= 0.3 is 0 Å². The van der Waals surface area contributed by atoms with Gasteiger partial charge in [-0.2, -0.15) is 0 Å². The van der Waals surface area contributed by atoms with Gasteiger partial charge in [-0.25, -0.2) is 0 Å². The monoisotopic (exact) mass is 380 g/mol. The van der Waals surface area contributed by atoms with Crippen LogP contribution in [0.15, 0.2) is 36.9 Å². The number of aromatic hydroxyl groups is 3. The van der Waals surface area contributed by atoms with Crippen LogP contribution in [0.2, 0.25) is 0 Å². The van der Waals surface area contributed by atoms with Crippen LogP contribution in [0.5, 0.6) is 23.0 Å². The van der Waals surface area contributed by atoms with Crippen molar-refractivity contribution in [3.8, 4) is 23.0 Å². The van der Waals surface area contributed by atoms with E-state index in [1.54, 1.807) is 12.1 Å². The summed E-state index contributed by atoms with van der Waals surface area (Å²) in [6, 6.07) is 6.94. The second kappa shape index (κ2) is 5.94. The maximum absolute atomic E-state index is 10.6. The lowest BCUT2D eigenvalue weighted by Gasteiger charge is -2.48. The van der Waals surface area contributed by atoms with Gasteiger partial charge in [0.25, 0.3) is 0 Å². The third-order valence-electron chi connectivity index (χ3n) is 6.65. The van der Waals surface area contributed by atoms with Crippen LogP contribution in [-0.2, 0) is 18.3 Å². The zero-order valence-electron chi connectivity index (χ0n) is 16.9. The van der Waals surface area contributed by atoms with Crippen molar-refractivity contribution < 1.29 is 20.1 Å². The van der Waals surface area contributed by atoms with Crippen molar-refractivity contribution in [3.63, 3.8) is 0 Å². The number of benzene rings is 2. The van der Waals surface area contributed by atoms with Crippen LogP contribution in [0.4, 0.5) is 0 Å². The second-order valence-corrected chi connectivity index (χ2v) is 9.26. The molecule has 2 aromatic rings. The number of phenols is 3. The topological polar surface area (TPSA) is 69.9 Å². The SMILES string of the molecule is C=CC(C)(C)c1cc2c(cc1O)OC(C)(C)[C@H]1Cc3c(O)cc(O)cc3C[C@@H]21. The first-order valence-corrected chi connectivity index (χ1v) is 9.77. The quantitative estimate of drug-likeness (QED) is 0.646. The molecule has 0 bridgehead atoms. The Morgan fingerprint density at radius 2 is 1.79 bits per heavy atom. The van der Waals surface area contributed by atoms with Gasteiger partial charge in [0.1, 0.15) is 28.6 Å². The average molecular weight is 380 g/mol. The molecule has 1 heterocycles. The van der Waals surface area contributed by atoms with E-state index in [-0.39, 0.29) is 34.5 Å². The number of allylic oxidation sites excluding steroid dienone is 1. The van der Waals surface area contributed by atoms with Crippen molar-refractivity contribution in [1.82, 2.24) is 0 Å². The lowest BCUT2D eigenvalue weighted by Crippen LogP contribution is -2.47. The van der Waals surface area contributed by atoms with Gasteiger partial charge in [0.05, 0.1) is 0 Å². The molecule has 148 valence electrons. The summed E-state index contributed by atoms with van der Waals surface area (Å²) in [4.78, 5) is 0. The van der Waals surface area contributed by atoms with Crippen LogP contribution in [0.25, 0.3) is 0 Å². The predicted molar refractivity (Wildman–Crippen MR) is 109 cm³/mol. The summed E-state index contributed by atoms with van der Waals surface area (Å²) < 4.78 is 6.33. The molecule has 1 aliphatic heterocycles. The van der Waals surface area contributed by atoms with Crippen LogP contribution >= 0.6 is 0 Å². The van der Waals surface area contributed by atoms with E-state index in [1.807, 2.05) is 26.0 Å². The Balaban J connectivity index is 1.89. The molecule has 0 saturated heterocycles. The van der Waals surface area contributed by atoms with E-state index in [0.717, 1.165) is 22.3 Å². The van der Waals surface area contributed by atoms with Crippen molar-refractivity contribution in [2.75, 3.05) is 0 Å². The van der Waals surface area contributed by atoms with Crippen molar-refractivity contribution in [2.24, 2.45) is 5.92 Å². The Morgan fingerprint density at radius 3 is 2.46 bits per heavy atom. The number of ether oxygens (including phenoxy) is 1. The molecule has 2 aromatic carbocycles. The summed E-state index contributed by atoms with van der Waals surface area (Å²) >= 11 is 0. The molecule has 2 atom stereocenters. The molecule has 1 aliphatic carbocycles. The third-order valence-corrected chi connectivity index (χ3v) is 6.65. The van der Waals surface area contributed by atoms with Gasteiger partial charge in [0.2, 0.25) is 0 Å². The van der Waals surface area contributed by atoms with Crippen molar-refractivity contribution in [1.29, 1.82) is 0 Å². The lowest BCUT2D eigenvalue weighted by molar-refractivity contribution is 0.00610. The summed E-state index contributed by atoms with van der Waals surface area (Å²) in [6.07, 6.45) is 3.23. The minimum absolute atomic E-state index is 0.0837. The Hall–Kier alpha value is -2.62. The molecule has 0 saturated carbocycles. The second-order valence-electron chi connectivity index (χ2n) is 9.26. The van der Waals surface area contributed by atoms with Gasteiger partial charge in [-0.05, 0) is 61.4 Å². The maximum Gasteiger partial charge on any atom is 0.127 e. The maximum atomic E-state index is 10.6. The van der Waals surface area contributed by atoms with Gasteiger partial charge in [-0.3, -0.25) is 0 Å². The van der Waals surface area contributed by atoms with Crippen LogP contribution in [0.3, 0.4) is 0 Å². The van der Waals surface area contributed by atoms with Crippen LogP contribution in [0.1, 0.15) is 55.9 Å². The van der Waals surface area contributed by atoms with E-state index < -0.39 is 5.60 Å². The number of hydrogen-bond acceptors (Lipinski definition) is 4. The van der Waals surface area contributed by atoms with Gasteiger partial charge in [0.15, 0.2) is 0 Å². The molecule has 4 rings (SSSR count). The van der Waals surface area contributed by atoms with Crippen LogP contribution in [-0.4, -0.2) is 20.9 Å². The standard InChI is InChI=1S/C24H28O4/c1-6-23(2,3)19-11-17-16-8-13-7-14(25)9-20(26)15(13)10-18(16)24(4,5)28-22(17)12-21(19)27/h6-7,9,11-12,16,18,25-27H,1,8,10H2,2-5H3/t16-,18-/m0/s1. The molecular weight excluding hydrogens is 352 g/mol. The van der Waals surface area contributed by atoms with E-state index >= 15 is 0 Å². The number of phenolic OH excluding ortho intramolecular Hbond substituents is 3. The highest BCUT2D eigenvalue weighted by Gasteiger charge is 2.47. The Kier molecular flexibility index (Phi) is 3.97. The van der Waals surface area contributed by atoms with Crippen molar-refractivity contribution in [2.45, 2.75) is 57.5 Å². The predicted octanol–water partition coefficient (Wildman–Crippen LogP) is 4.94. The highest BCUT2D eigenvalue weighted by Crippen LogP contribution is 2.54. The fourth-order valence-corrected chi connectivity index (χ4v) is 4.86. The van der Waals surface area contributed by atoms with Gasteiger partial charge in [-0.1, -0.05) is 19.9 Å². The summed E-state index contributed by atoms with van der Waals surface area (Å²) in [5.74, 6) is 1.50. The average Bonchev–Trinajstić information content (AvgIpc) is 2.59. The molecule has 4 heteroatoms. The molecule has 4 nitrogen and oxygen atoms in total. The Labute approximate surface area is 166 Å². The van der Waals surface area contributed by atoms with Crippen LogP contribution in [0, 0.1) is 5.92 Å². The van der Waals surface area contributed by atoms with Crippen molar-refractivity contribution >= 4 is 0 Å². The van der Waals surface area contributed by atoms with E-state index in [2.05, 4.69) is 20.4 Å². The van der Waals surface area contributed by atoms with Gasteiger partial charge < -0.3 is 20.1 Å². The zero-order valence-corrected chi connectivity index (χ0v) is 16.9. The Bertz CT molecular complexity index is 971.